The van der Waals surface area contributed by atoms with Crippen LogP contribution in [0.5, 0.6) is 0 Å². The molecule has 0 bridgehead atoms. The van der Waals surface area contributed by atoms with E-state index < -0.39 is 11.5 Å². The molecule has 1 amide bonds. The number of carbonyl (C=O) groups is 2. The summed E-state index contributed by atoms with van der Waals surface area (Å²) < 4.78 is 0. The van der Waals surface area contributed by atoms with Gasteiger partial charge < -0.3 is 15.7 Å². The van der Waals surface area contributed by atoms with Crippen LogP contribution in [0.3, 0.4) is 0 Å². The lowest BCUT2D eigenvalue weighted by Crippen LogP contribution is -2.54. The summed E-state index contributed by atoms with van der Waals surface area (Å²) in [6.07, 6.45) is 4.40. The molecule has 2 atom stereocenters. The van der Waals surface area contributed by atoms with Crippen molar-refractivity contribution in [1.82, 2.24) is 4.90 Å². The first-order valence-corrected chi connectivity index (χ1v) is 6.68. The number of carboxylic acid groups (broad SMARTS) is 1. The Balaban J connectivity index is 2.77. The molecule has 1 aliphatic rings. The quantitative estimate of drug-likeness (QED) is 0.774. The first-order chi connectivity index (χ1) is 8.38. The second kappa shape index (κ2) is 6.18. The fourth-order valence-corrected chi connectivity index (χ4v) is 2.68. The van der Waals surface area contributed by atoms with Gasteiger partial charge in [0.1, 0.15) is 6.54 Å². The van der Waals surface area contributed by atoms with Crippen molar-refractivity contribution in [3.05, 3.63) is 0 Å². The molecule has 5 heteroatoms. The van der Waals surface area contributed by atoms with Crippen LogP contribution in [-0.2, 0) is 9.59 Å². The highest BCUT2D eigenvalue weighted by Crippen LogP contribution is 2.32. The molecule has 1 fully saturated rings. The predicted octanol–water partition coefficient (Wildman–Crippen LogP) is 1.22. The van der Waals surface area contributed by atoms with Crippen molar-refractivity contribution in [2.75, 3.05) is 13.1 Å². The number of nitrogens with two attached hydrogens (primary N) is 1. The summed E-state index contributed by atoms with van der Waals surface area (Å²) in [6, 6.07) is 0. The molecule has 3 N–H and O–H groups in total. The zero-order valence-corrected chi connectivity index (χ0v) is 11.3. The van der Waals surface area contributed by atoms with Gasteiger partial charge in [-0.25, -0.2) is 0 Å². The van der Waals surface area contributed by atoms with Crippen LogP contribution in [0.4, 0.5) is 0 Å². The highest BCUT2D eigenvalue weighted by atomic mass is 16.4. The monoisotopic (exact) mass is 256 g/mol. The van der Waals surface area contributed by atoms with Gasteiger partial charge in [-0.15, -0.1) is 0 Å². The summed E-state index contributed by atoms with van der Waals surface area (Å²) in [5.74, 6) is -1.30. The average Bonchev–Trinajstić information content (AvgIpc) is 2.26. The van der Waals surface area contributed by atoms with Gasteiger partial charge in [-0.2, -0.15) is 0 Å². The number of hydrogen-bond donors (Lipinski definition) is 2. The molecule has 104 valence electrons. The van der Waals surface area contributed by atoms with E-state index in [1.165, 1.54) is 4.90 Å². The maximum atomic E-state index is 12.4. The number of hydrogen-bond acceptors (Lipinski definition) is 3. The average molecular weight is 256 g/mol. The molecule has 0 aromatic heterocycles. The van der Waals surface area contributed by atoms with Crippen molar-refractivity contribution in [2.45, 2.75) is 51.5 Å². The van der Waals surface area contributed by atoms with E-state index in [0.717, 1.165) is 32.1 Å². The minimum atomic E-state index is -0.966. The van der Waals surface area contributed by atoms with Crippen LogP contribution in [-0.4, -0.2) is 40.5 Å². The molecular weight excluding hydrogens is 232 g/mol. The van der Waals surface area contributed by atoms with Gasteiger partial charge in [-0.1, -0.05) is 19.8 Å². The van der Waals surface area contributed by atoms with E-state index in [1.807, 2.05) is 13.8 Å². The number of aliphatic carboxylic acids is 1. The first kappa shape index (κ1) is 15.0. The second-order valence-corrected chi connectivity index (χ2v) is 5.46. The molecule has 0 radical (unpaired) electrons. The Hall–Kier alpha value is -1.10. The van der Waals surface area contributed by atoms with Crippen molar-refractivity contribution < 1.29 is 14.7 Å². The Kier molecular flexibility index (Phi) is 5.14. The van der Waals surface area contributed by atoms with Gasteiger partial charge in [0.05, 0.1) is 5.92 Å². The third-order valence-corrected chi connectivity index (χ3v) is 3.68. The lowest BCUT2D eigenvalue weighted by Gasteiger charge is -2.39. The lowest BCUT2D eigenvalue weighted by molar-refractivity contribution is -0.148. The van der Waals surface area contributed by atoms with Crippen LogP contribution in [0.2, 0.25) is 0 Å². The van der Waals surface area contributed by atoms with Crippen molar-refractivity contribution in [3.8, 4) is 0 Å². The first-order valence-electron chi connectivity index (χ1n) is 6.68. The molecule has 1 rings (SSSR count). The van der Waals surface area contributed by atoms with Gasteiger partial charge in [-0.3, -0.25) is 9.59 Å². The number of carbonyl (C=O) groups excluding carboxylic acids is 1. The summed E-state index contributed by atoms with van der Waals surface area (Å²) in [5.41, 5.74) is 5.69. The van der Waals surface area contributed by atoms with Crippen LogP contribution >= 0.6 is 0 Å². The van der Waals surface area contributed by atoms with Crippen molar-refractivity contribution >= 4 is 11.9 Å². The van der Waals surface area contributed by atoms with Crippen LogP contribution in [0, 0.1) is 5.92 Å². The molecule has 1 saturated carbocycles. The Morgan fingerprint density at radius 3 is 2.61 bits per heavy atom. The second-order valence-electron chi connectivity index (χ2n) is 5.46. The molecule has 0 spiro atoms. The molecule has 0 aromatic carbocycles. The summed E-state index contributed by atoms with van der Waals surface area (Å²) in [7, 11) is 0. The normalized spacial score (nSPS) is 27.8. The van der Waals surface area contributed by atoms with Gasteiger partial charge in [-0.05, 0) is 26.2 Å². The maximum Gasteiger partial charge on any atom is 0.323 e. The standard InChI is InChI=1S/C13H24N2O3/c1-3-8-15(9-11(16)17)12(18)10-6-4-5-7-13(10,2)14/h10H,3-9,14H2,1-2H3,(H,16,17). The van der Waals surface area contributed by atoms with Gasteiger partial charge >= 0.3 is 5.97 Å². The van der Waals surface area contributed by atoms with Crippen molar-refractivity contribution in [1.29, 1.82) is 0 Å². The molecular formula is C13H24N2O3. The van der Waals surface area contributed by atoms with E-state index in [1.54, 1.807) is 0 Å². The highest BCUT2D eigenvalue weighted by molar-refractivity contribution is 5.84. The molecule has 1 aliphatic carbocycles. The van der Waals surface area contributed by atoms with Gasteiger partial charge in [0.25, 0.3) is 0 Å². The maximum absolute atomic E-state index is 12.4. The van der Waals surface area contributed by atoms with Gasteiger partial charge in [0.15, 0.2) is 0 Å². The SMILES string of the molecule is CCCN(CC(=O)O)C(=O)C1CCCCC1(C)N. The third kappa shape index (κ3) is 3.70. The number of amides is 1. The fourth-order valence-electron chi connectivity index (χ4n) is 2.68. The van der Waals surface area contributed by atoms with Gasteiger partial charge in [0.2, 0.25) is 5.91 Å². The Labute approximate surface area is 108 Å². The van der Waals surface area contributed by atoms with E-state index >= 15 is 0 Å². The predicted molar refractivity (Wildman–Crippen MR) is 69.1 cm³/mol. The smallest absolute Gasteiger partial charge is 0.323 e. The van der Waals surface area contributed by atoms with E-state index in [9.17, 15) is 9.59 Å². The molecule has 5 nitrogen and oxygen atoms in total. The zero-order valence-electron chi connectivity index (χ0n) is 11.3. The Morgan fingerprint density at radius 2 is 2.11 bits per heavy atom. The molecule has 0 aliphatic heterocycles. The van der Waals surface area contributed by atoms with Crippen LogP contribution in [0.25, 0.3) is 0 Å². The van der Waals surface area contributed by atoms with E-state index in [2.05, 4.69) is 0 Å². The zero-order chi connectivity index (χ0) is 13.8. The summed E-state index contributed by atoms with van der Waals surface area (Å²) >= 11 is 0. The molecule has 18 heavy (non-hydrogen) atoms. The Bertz CT molecular complexity index is 315. The van der Waals surface area contributed by atoms with E-state index in [4.69, 9.17) is 10.8 Å². The Morgan fingerprint density at radius 1 is 1.44 bits per heavy atom. The van der Waals surface area contributed by atoms with Crippen LogP contribution in [0.15, 0.2) is 0 Å². The minimum absolute atomic E-state index is 0.0936. The topological polar surface area (TPSA) is 83.6 Å². The molecule has 2 unspecified atom stereocenters. The van der Waals surface area contributed by atoms with Gasteiger partial charge in [0, 0.05) is 12.1 Å². The van der Waals surface area contributed by atoms with E-state index in [0.29, 0.717) is 6.54 Å². The summed E-state index contributed by atoms with van der Waals surface area (Å²) in [4.78, 5) is 24.7. The van der Waals surface area contributed by atoms with Crippen LogP contribution < -0.4 is 5.73 Å². The third-order valence-electron chi connectivity index (χ3n) is 3.68. The minimum Gasteiger partial charge on any atom is -0.480 e. The molecule has 0 aromatic rings. The fraction of sp³-hybridized carbons (Fsp3) is 0.846. The largest absolute Gasteiger partial charge is 0.480 e. The van der Waals surface area contributed by atoms with Crippen LogP contribution in [0.1, 0.15) is 46.0 Å². The molecule has 0 heterocycles. The lowest BCUT2D eigenvalue weighted by atomic mass is 9.74. The molecule has 0 saturated heterocycles. The van der Waals surface area contributed by atoms with E-state index in [-0.39, 0.29) is 18.4 Å². The number of carboxylic acids is 1. The number of rotatable bonds is 5. The highest BCUT2D eigenvalue weighted by Gasteiger charge is 2.39. The number of nitrogens with zero attached hydrogens (tertiary/aromatic N) is 1. The summed E-state index contributed by atoms with van der Waals surface area (Å²) in [6.45, 7) is 4.10. The van der Waals surface area contributed by atoms with Crippen molar-refractivity contribution in [2.24, 2.45) is 11.7 Å². The summed E-state index contributed by atoms with van der Waals surface area (Å²) in [5, 5.41) is 8.86. The van der Waals surface area contributed by atoms with Crippen molar-refractivity contribution in [3.63, 3.8) is 0 Å².